The summed E-state index contributed by atoms with van der Waals surface area (Å²) in [6.45, 7) is 4.39. The molecular formula is C26H47NO5. The zero-order chi connectivity index (χ0) is 23.9. The number of carbonyl (C=O) groups is 3. The highest BCUT2D eigenvalue weighted by Crippen LogP contribution is 2.11. The quantitative estimate of drug-likeness (QED) is 0.0641. The highest BCUT2D eigenvalue weighted by Gasteiger charge is 2.13. The Morgan fingerprint density at radius 2 is 0.812 bits per heavy atom. The molecule has 6 heteroatoms. The van der Waals surface area contributed by atoms with E-state index in [9.17, 15) is 14.4 Å². The maximum atomic E-state index is 11.8. The molecule has 6 nitrogen and oxygen atoms in total. The fourth-order valence-electron chi connectivity index (χ4n) is 3.49. The summed E-state index contributed by atoms with van der Waals surface area (Å²) < 4.78 is 9.72. The van der Waals surface area contributed by atoms with Crippen LogP contribution >= 0.6 is 0 Å². The van der Waals surface area contributed by atoms with Crippen LogP contribution in [0.15, 0.2) is 0 Å². The van der Waals surface area contributed by atoms with Crippen molar-refractivity contribution in [3.8, 4) is 0 Å². The molecule has 0 unspecified atom stereocenters. The zero-order valence-electron chi connectivity index (χ0n) is 20.7. The van der Waals surface area contributed by atoms with Crippen molar-refractivity contribution >= 4 is 23.8 Å². The van der Waals surface area contributed by atoms with E-state index in [1.807, 2.05) is 0 Å². The summed E-state index contributed by atoms with van der Waals surface area (Å²) in [4.78, 5) is 35.2. The van der Waals surface area contributed by atoms with Crippen molar-refractivity contribution in [1.29, 1.82) is 5.41 Å². The molecule has 0 heterocycles. The first kappa shape index (κ1) is 30.3. The number of hydrogen-bond donors (Lipinski definition) is 1. The van der Waals surface area contributed by atoms with Crippen LogP contribution in [0.1, 0.15) is 142 Å². The van der Waals surface area contributed by atoms with Crippen molar-refractivity contribution in [1.82, 2.24) is 0 Å². The predicted octanol–water partition coefficient (Wildman–Crippen LogP) is 7.42. The van der Waals surface area contributed by atoms with Crippen LogP contribution in [0.4, 0.5) is 0 Å². The van der Waals surface area contributed by atoms with Gasteiger partial charge in [-0.2, -0.15) is 0 Å². The van der Waals surface area contributed by atoms with Crippen LogP contribution in [0.5, 0.6) is 0 Å². The lowest BCUT2D eigenvalue weighted by Crippen LogP contribution is -2.16. The molecule has 0 aliphatic rings. The Morgan fingerprint density at radius 3 is 1.25 bits per heavy atom. The number of rotatable bonds is 21. The molecule has 0 amide bonds. The first-order chi connectivity index (χ1) is 15.5. The molecular weight excluding hydrogens is 406 g/mol. The van der Waals surface area contributed by atoms with Crippen LogP contribution in [0.3, 0.4) is 0 Å². The van der Waals surface area contributed by atoms with Gasteiger partial charge in [0.1, 0.15) is 0 Å². The number of carbonyl (C=O) groups excluding carboxylic acids is 3. The van der Waals surface area contributed by atoms with Gasteiger partial charge in [0.05, 0.1) is 6.42 Å². The molecule has 1 N–H and O–H groups in total. The van der Waals surface area contributed by atoms with Crippen LogP contribution in [-0.4, -0.2) is 23.8 Å². The Labute approximate surface area is 195 Å². The molecule has 0 spiro atoms. The molecule has 0 radical (unpaired) electrons. The largest absolute Gasteiger partial charge is 0.412 e. The summed E-state index contributed by atoms with van der Waals surface area (Å²) in [5.41, 5.74) is 0. The van der Waals surface area contributed by atoms with Crippen LogP contribution in [0.2, 0.25) is 0 Å². The van der Waals surface area contributed by atoms with Crippen LogP contribution in [0.25, 0.3) is 0 Å². The molecule has 0 aliphatic carbocycles. The van der Waals surface area contributed by atoms with E-state index in [1.54, 1.807) is 0 Å². The minimum absolute atomic E-state index is 0.0347. The second-order valence-corrected chi connectivity index (χ2v) is 8.69. The molecule has 0 aromatic rings. The Morgan fingerprint density at radius 1 is 0.469 bits per heavy atom. The van der Waals surface area contributed by atoms with E-state index in [0.29, 0.717) is 6.42 Å². The predicted molar refractivity (Wildman–Crippen MR) is 129 cm³/mol. The summed E-state index contributed by atoms with van der Waals surface area (Å²) in [6.07, 6.45) is 18.5. The van der Waals surface area contributed by atoms with E-state index in [4.69, 9.17) is 14.9 Å². The maximum Gasteiger partial charge on any atom is 0.313 e. The van der Waals surface area contributed by atoms with E-state index in [-0.39, 0.29) is 25.2 Å². The fraction of sp³-hybridized carbons (Fsp3) is 0.846. The Balaban J connectivity index is 3.63. The van der Waals surface area contributed by atoms with E-state index >= 15 is 0 Å². The van der Waals surface area contributed by atoms with E-state index in [0.717, 1.165) is 38.5 Å². The molecule has 32 heavy (non-hydrogen) atoms. The highest BCUT2D eigenvalue weighted by atomic mass is 16.6. The minimum atomic E-state index is -0.668. The van der Waals surface area contributed by atoms with Gasteiger partial charge >= 0.3 is 17.9 Å². The van der Waals surface area contributed by atoms with Crippen molar-refractivity contribution in [2.75, 3.05) is 0 Å². The summed E-state index contributed by atoms with van der Waals surface area (Å²) in [5.74, 6) is -1.86. The fourth-order valence-corrected chi connectivity index (χ4v) is 3.49. The van der Waals surface area contributed by atoms with E-state index in [1.165, 1.54) is 64.2 Å². The first-order valence-electron chi connectivity index (χ1n) is 13.0. The maximum absolute atomic E-state index is 11.8. The van der Waals surface area contributed by atoms with Crippen molar-refractivity contribution in [3.63, 3.8) is 0 Å². The molecule has 186 valence electrons. The van der Waals surface area contributed by atoms with Crippen molar-refractivity contribution < 1.29 is 23.9 Å². The lowest BCUT2D eigenvalue weighted by molar-refractivity contribution is -0.159. The smallest absolute Gasteiger partial charge is 0.313 e. The summed E-state index contributed by atoms with van der Waals surface area (Å²) in [6, 6.07) is 0. The van der Waals surface area contributed by atoms with Gasteiger partial charge in [-0.05, 0) is 12.8 Å². The average Bonchev–Trinajstić information content (AvgIpc) is 2.76. The first-order valence-corrected chi connectivity index (χ1v) is 13.0. The van der Waals surface area contributed by atoms with Gasteiger partial charge in [-0.1, -0.05) is 104 Å². The van der Waals surface area contributed by atoms with Crippen molar-refractivity contribution in [2.45, 2.75) is 142 Å². The molecule has 0 bridgehead atoms. The highest BCUT2D eigenvalue weighted by molar-refractivity contribution is 5.90. The zero-order valence-corrected chi connectivity index (χ0v) is 20.7. The van der Waals surface area contributed by atoms with Gasteiger partial charge in [-0.25, -0.2) is 0 Å². The van der Waals surface area contributed by atoms with Crippen molar-refractivity contribution in [3.05, 3.63) is 0 Å². The topological polar surface area (TPSA) is 93.5 Å². The van der Waals surface area contributed by atoms with Gasteiger partial charge in [0.25, 0.3) is 0 Å². The van der Waals surface area contributed by atoms with Crippen molar-refractivity contribution in [2.24, 2.45) is 0 Å². The summed E-state index contributed by atoms with van der Waals surface area (Å²) >= 11 is 0. The summed E-state index contributed by atoms with van der Waals surface area (Å²) in [5, 5.41) is 7.69. The molecule has 0 saturated heterocycles. The average molecular weight is 454 g/mol. The van der Waals surface area contributed by atoms with Gasteiger partial charge in [0.15, 0.2) is 5.90 Å². The molecule has 0 fully saturated rings. The van der Waals surface area contributed by atoms with Gasteiger partial charge in [0, 0.05) is 19.3 Å². The SMILES string of the molecule is CCCCCCCCCCC(=O)OC(=N)CCC(=O)OC(=O)CCCCCCCCCC. The van der Waals surface area contributed by atoms with Gasteiger partial charge in [-0.15, -0.1) is 0 Å². The Hall–Kier alpha value is -1.72. The monoisotopic (exact) mass is 453 g/mol. The molecule has 0 aromatic carbocycles. The lowest BCUT2D eigenvalue weighted by Gasteiger charge is -2.06. The van der Waals surface area contributed by atoms with E-state index in [2.05, 4.69) is 13.8 Å². The second-order valence-electron chi connectivity index (χ2n) is 8.69. The third-order valence-corrected chi connectivity index (χ3v) is 5.49. The molecule has 0 rings (SSSR count). The van der Waals surface area contributed by atoms with Crippen LogP contribution in [-0.2, 0) is 23.9 Å². The second kappa shape index (κ2) is 22.5. The normalized spacial score (nSPS) is 10.7. The number of ether oxygens (including phenoxy) is 2. The number of nitrogens with one attached hydrogen (secondary N) is 1. The number of hydrogen-bond acceptors (Lipinski definition) is 6. The lowest BCUT2D eigenvalue weighted by atomic mass is 10.1. The third kappa shape index (κ3) is 21.5. The molecule has 0 saturated carbocycles. The molecule has 0 atom stereocenters. The van der Waals surface area contributed by atoms with Gasteiger partial charge in [0.2, 0.25) is 0 Å². The Bertz CT molecular complexity index is 472. The molecule has 0 aromatic heterocycles. The van der Waals surface area contributed by atoms with Gasteiger partial charge in [-0.3, -0.25) is 19.8 Å². The summed E-state index contributed by atoms with van der Waals surface area (Å²) in [7, 11) is 0. The van der Waals surface area contributed by atoms with E-state index < -0.39 is 17.9 Å². The standard InChI is InChI=1S/C26H47NO5/c1-3-5-7-9-11-13-15-17-19-24(28)31-23(27)21-22-26(30)32-25(29)20-18-16-14-12-10-8-6-4-2/h27H,3-22H2,1-2H3. The van der Waals surface area contributed by atoms with Crippen LogP contribution in [0, 0.1) is 5.41 Å². The number of esters is 3. The number of unbranched alkanes of at least 4 members (excludes halogenated alkanes) is 14. The van der Waals surface area contributed by atoms with Crippen LogP contribution < -0.4 is 0 Å². The van der Waals surface area contributed by atoms with Gasteiger partial charge < -0.3 is 9.47 Å². The Kier molecular flexibility index (Phi) is 21.3. The minimum Gasteiger partial charge on any atom is -0.412 e. The third-order valence-electron chi connectivity index (χ3n) is 5.49. The molecule has 0 aliphatic heterocycles.